The topological polar surface area (TPSA) is 60.2 Å². The summed E-state index contributed by atoms with van der Waals surface area (Å²) in [5, 5.41) is 0. The van der Waals surface area contributed by atoms with Gasteiger partial charge in [-0.3, -0.25) is 4.98 Å². The van der Waals surface area contributed by atoms with Gasteiger partial charge in [-0.05, 0) is 45.6 Å². The van der Waals surface area contributed by atoms with Crippen LogP contribution in [0.25, 0.3) is 11.0 Å². The average molecular weight is 344 g/mol. The van der Waals surface area contributed by atoms with Crippen molar-refractivity contribution in [3.63, 3.8) is 0 Å². The molecule has 0 aromatic carbocycles. The molecule has 0 atom stereocenters. The monoisotopic (exact) mass is 344 g/mol. The Morgan fingerprint density at radius 3 is 2.68 bits per heavy atom. The molecule has 0 spiro atoms. The third-order valence-electron chi connectivity index (χ3n) is 4.65. The highest BCUT2D eigenvalue weighted by Crippen LogP contribution is 2.24. The molecule has 25 heavy (non-hydrogen) atoms. The van der Waals surface area contributed by atoms with Gasteiger partial charge in [0.15, 0.2) is 0 Å². The van der Waals surface area contributed by atoms with Crippen LogP contribution in [-0.4, -0.2) is 44.2 Å². The first kappa shape index (κ1) is 17.7. The van der Waals surface area contributed by atoms with E-state index in [-0.39, 0.29) is 6.09 Å². The summed E-state index contributed by atoms with van der Waals surface area (Å²) in [5.74, 6) is 1.66. The molecule has 1 aliphatic heterocycles. The molecule has 2 aromatic heterocycles. The van der Waals surface area contributed by atoms with Crippen LogP contribution in [0.2, 0.25) is 0 Å². The molecule has 0 aliphatic carbocycles. The summed E-state index contributed by atoms with van der Waals surface area (Å²) in [7, 11) is 0. The van der Waals surface area contributed by atoms with Gasteiger partial charge < -0.3 is 14.2 Å². The number of hydrogen-bond donors (Lipinski definition) is 0. The van der Waals surface area contributed by atoms with Crippen molar-refractivity contribution in [3.05, 3.63) is 24.3 Å². The number of rotatable bonds is 3. The predicted molar refractivity (Wildman–Crippen MR) is 97.4 cm³/mol. The number of fused-ring (bicyclic) bond motifs is 1. The number of nitrogens with zero attached hydrogens (tertiary/aromatic N) is 4. The second kappa shape index (κ2) is 7.02. The first-order chi connectivity index (χ1) is 11.9. The van der Waals surface area contributed by atoms with E-state index in [4.69, 9.17) is 9.72 Å². The van der Waals surface area contributed by atoms with Crippen molar-refractivity contribution in [1.29, 1.82) is 0 Å². The standard InChI is InChI=1S/C19H28N4O2/c1-5-17-21-15-12-20-9-6-16(15)23(17)13-14-7-10-22(11-8-14)18(24)25-19(2,3)4/h6,9,12,14H,5,7-8,10-11,13H2,1-4H3. The smallest absolute Gasteiger partial charge is 0.410 e. The van der Waals surface area contributed by atoms with E-state index in [9.17, 15) is 4.79 Å². The van der Waals surface area contributed by atoms with E-state index >= 15 is 0 Å². The number of hydrogen-bond acceptors (Lipinski definition) is 4. The summed E-state index contributed by atoms with van der Waals surface area (Å²) >= 11 is 0. The molecular weight excluding hydrogens is 316 g/mol. The molecule has 136 valence electrons. The maximum absolute atomic E-state index is 12.2. The Kier molecular flexibility index (Phi) is 4.97. The third kappa shape index (κ3) is 4.11. The predicted octanol–water partition coefficient (Wildman–Crippen LogP) is 3.64. The van der Waals surface area contributed by atoms with Gasteiger partial charge in [0.2, 0.25) is 0 Å². The molecule has 1 saturated heterocycles. The van der Waals surface area contributed by atoms with Gasteiger partial charge in [0.1, 0.15) is 16.9 Å². The molecule has 1 amide bonds. The van der Waals surface area contributed by atoms with Gasteiger partial charge in [0.25, 0.3) is 0 Å². The Morgan fingerprint density at radius 1 is 1.32 bits per heavy atom. The van der Waals surface area contributed by atoms with E-state index in [2.05, 4.69) is 16.5 Å². The summed E-state index contributed by atoms with van der Waals surface area (Å²) in [5.41, 5.74) is 1.68. The summed E-state index contributed by atoms with van der Waals surface area (Å²) in [4.78, 5) is 22.9. The fourth-order valence-electron chi connectivity index (χ4n) is 3.39. The van der Waals surface area contributed by atoms with Crippen LogP contribution in [0.15, 0.2) is 18.5 Å². The molecule has 0 saturated carbocycles. The van der Waals surface area contributed by atoms with Gasteiger partial charge in [-0.15, -0.1) is 0 Å². The number of amides is 1. The number of aryl methyl sites for hydroxylation is 1. The largest absolute Gasteiger partial charge is 0.444 e. The van der Waals surface area contributed by atoms with E-state index < -0.39 is 5.60 Å². The van der Waals surface area contributed by atoms with Gasteiger partial charge in [0, 0.05) is 32.3 Å². The number of likely N-dealkylation sites (tertiary alicyclic amines) is 1. The minimum Gasteiger partial charge on any atom is -0.444 e. The fourth-order valence-corrected chi connectivity index (χ4v) is 3.39. The first-order valence-electron chi connectivity index (χ1n) is 9.14. The molecule has 6 heteroatoms. The molecule has 2 aromatic rings. The van der Waals surface area contributed by atoms with Crippen molar-refractivity contribution < 1.29 is 9.53 Å². The lowest BCUT2D eigenvalue weighted by atomic mass is 9.97. The van der Waals surface area contributed by atoms with E-state index in [1.807, 2.05) is 44.1 Å². The van der Waals surface area contributed by atoms with E-state index in [0.29, 0.717) is 5.92 Å². The number of carbonyl (C=O) groups is 1. The fraction of sp³-hybridized carbons (Fsp3) is 0.632. The Morgan fingerprint density at radius 2 is 2.04 bits per heavy atom. The summed E-state index contributed by atoms with van der Waals surface area (Å²) in [6, 6.07) is 2.04. The zero-order valence-corrected chi connectivity index (χ0v) is 15.7. The molecule has 3 rings (SSSR count). The highest BCUT2D eigenvalue weighted by molar-refractivity contribution is 5.74. The van der Waals surface area contributed by atoms with E-state index in [1.54, 1.807) is 0 Å². The second-order valence-electron chi connectivity index (χ2n) is 7.77. The van der Waals surface area contributed by atoms with E-state index in [1.165, 1.54) is 0 Å². The Hall–Kier alpha value is -2.11. The number of carbonyl (C=O) groups excluding carboxylic acids is 1. The van der Waals surface area contributed by atoms with Crippen molar-refractivity contribution in [3.8, 4) is 0 Å². The Bertz CT molecular complexity index is 739. The number of aromatic nitrogens is 3. The molecule has 6 nitrogen and oxygen atoms in total. The highest BCUT2D eigenvalue weighted by Gasteiger charge is 2.27. The van der Waals surface area contributed by atoms with Crippen molar-refractivity contribution in [2.45, 2.75) is 59.1 Å². The molecule has 0 bridgehead atoms. The first-order valence-corrected chi connectivity index (χ1v) is 9.14. The SMILES string of the molecule is CCc1nc2cnccc2n1CC1CCN(C(=O)OC(C)(C)C)CC1. The quantitative estimate of drug-likeness (QED) is 0.853. The minimum absolute atomic E-state index is 0.195. The van der Waals surface area contributed by atoms with Gasteiger partial charge >= 0.3 is 6.09 Å². The van der Waals surface area contributed by atoms with Crippen LogP contribution in [0.4, 0.5) is 4.79 Å². The van der Waals surface area contributed by atoms with Gasteiger partial charge in [-0.25, -0.2) is 9.78 Å². The van der Waals surface area contributed by atoms with Crippen LogP contribution in [0, 0.1) is 5.92 Å². The normalized spacial score (nSPS) is 16.4. The lowest BCUT2D eigenvalue weighted by Crippen LogP contribution is -2.42. The van der Waals surface area contributed by atoms with Crippen LogP contribution in [0.3, 0.4) is 0 Å². The number of piperidine rings is 1. The number of pyridine rings is 1. The zero-order chi connectivity index (χ0) is 18.0. The average Bonchev–Trinajstić information content (AvgIpc) is 2.92. The maximum Gasteiger partial charge on any atom is 0.410 e. The van der Waals surface area contributed by atoms with Crippen molar-refractivity contribution >= 4 is 17.1 Å². The van der Waals surface area contributed by atoms with Crippen molar-refractivity contribution in [2.24, 2.45) is 5.92 Å². The highest BCUT2D eigenvalue weighted by atomic mass is 16.6. The van der Waals surface area contributed by atoms with Gasteiger partial charge in [0.05, 0.1) is 11.7 Å². The molecule has 0 unspecified atom stereocenters. The van der Waals surface area contributed by atoms with Crippen LogP contribution in [-0.2, 0) is 17.7 Å². The molecular formula is C19H28N4O2. The van der Waals surface area contributed by atoms with Crippen LogP contribution >= 0.6 is 0 Å². The van der Waals surface area contributed by atoms with Crippen LogP contribution in [0.1, 0.15) is 46.4 Å². The second-order valence-corrected chi connectivity index (χ2v) is 7.77. The van der Waals surface area contributed by atoms with Gasteiger partial charge in [-0.2, -0.15) is 0 Å². The number of imidazole rings is 1. The molecule has 3 heterocycles. The lowest BCUT2D eigenvalue weighted by Gasteiger charge is -2.33. The lowest BCUT2D eigenvalue weighted by molar-refractivity contribution is 0.0178. The molecule has 0 radical (unpaired) electrons. The Labute approximate surface area is 149 Å². The Balaban J connectivity index is 1.64. The summed E-state index contributed by atoms with van der Waals surface area (Å²) in [6.45, 7) is 10.3. The van der Waals surface area contributed by atoms with Crippen molar-refractivity contribution in [2.75, 3.05) is 13.1 Å². The van der Waals surface area contributed by atoms with Crippen molar-refractivity contribution in [1.82, 2.24) is 19.4 Å². The zero-order valence-electron chi connectivity index (χ0n) is 15.7. The minimum atomic E-state index is -0.437. The van der Waals surface area contributed by atoms with Crippen LogP contribution < -0.4 is 0 Å². The molecule has 1 fully saturated rings. The van der Waals surface area contributed by atoms with Gasteiger partial charge in [-0.1, -0.05) is 6.92 Å². The molecule has 1 aliphatic rings. The summed E-state index contributed by atoms with van der Waals surface area (Å²) < 4.78 is 7.80. The maximum atomic E-state index is 12.2. The third-order valence-corrected chi connectivity index (χ3v) is 4.65. The van der Waals surface area contributed by atoms with Crippen LogP contribution in [0.5, 0.6) is 0 Å². The molecule has 0 N–H and O–H groups in total. The van der Waals surface area contributed by atoms with E-state index in [0.717, 1.165) is 55.8 Å². The summed E-state index contributed by atoms with van der Waals surface area (Å²) in [6.07, 6.45) is 6.35. The number of ether oxygens (including phenoxy) is 1.